The molecular formula is C19H20N4O4. The number of aromatic nitrogens is 1. The SMILES string of the molecule is O=C(C1CCCN1c1nc2ccccc2o1)N1CC(N2C(=O)CCC2=O)C1. The van der Waals surface area contributed by atoms with Crippen LogP contribution in [0.2, 0.25) is 0 Å². The summed E-state index contributed by atoms with van der Waals surface area (Å²) in [5.41, 5.74) is 1.49. The zero-order valence-corrected chi connectivity index (χ0v) is 14.8. The number of carbonyl (C=O) groups is 3. The molecule has 5 rings (SSSR count). The van der Waals surface area contributed by atoms with E-state index in [-0.39, 0.29) is 42.6 Å². The lowest BCUT2D eigenvalue weighted by Gasteiger charge is -2.44. The number of nitrogens with zero attached hydrogens (tertiary/aromatic N) is 4. The van der Waals surface area contributed by atoms with Crippen molar-refractivity contribution in [3.63, 3.8) is 0 Å². The van der Waals surface area contributed by atoms with Gasteiger partial charge < -0.3 is 14.2 Å². The van der Waals surface area contributed by atoms with Gasteiger partial charge in [-0.05, 0) is 25.0 Å². The highest BCUT2D eigenvalue weighted by Crippen LogP contribution is 2.31. The Morgan fingerprint density at radius 1 is 1.11 bits per heavy atom. The fourth-order valence-electron chi connectivity index (χ4n) is 4.25. The van der Waals surface area contributed by atoms with E-state index < -0.39 is 0 Å². The van der Waals surface area contributed by atoms with Crippen molar-refractivity contribution >= 4 is 34.8 Å². The second kappa shape index (κ2) is 6.07. The fraction of sp³-hybridized carbons (Fsp3) is 0.474. The number of oxazole rings is 1. The Hall–Kier alpha value is -2.90. The summed E-state index contributed by atoms with van der Waals surface area (Å²) in [6.45, 7) is 1.58. The molecule has 0 aliphatic carbocycles. The number of rotatable bonds is 3. The van der Waals surface area contributed by atoms with E-state index in [1.807, 2.05) is 29.2 Å². The maximum absolute atomic E-state index is 13.0. The molecule has 8 nitrogen and oxygen atoms in total. The molecule has 0 spiro atoms. The second-order valence-electron chi connectivity index (χ2n) is 7.37. The van der Waals surface area contributed by atoms with Gasteiger partial charge in [-0.3, -0.25) is 19.3 Å². The number of benzene rings is 1. The van der Waals surface area contributed by atoms with Gasteiger partial charge in [0.2, 0.25) is 17.7 Å². The number of carbonyl (C=O) groups excluding carboxylic acids is 3. The first-order valence-corrected chi connectivity index (χ1v) is 9.38. The van der Waals surface area contributed by atoms with Crippen molar-refractivity contribution in [2.75, 3.05) is 24.5 Å². The molecular weight excluding hydrogens is 348 g/mol. The Kier molecular flexibility index (Phi) is 3.66. The Balaban J connectivity index is 1.29. The summed E-state index contributed by atoms with van der Waals surface area (Å²) >= 11 is 0. The zero-order valence-electron chi connectivity index (χ0n) is 14.8. The zero-order chi connectivity index (χ0) is 18.5. The normalized spacial score (nSPS) is 23.6. The molecule has 3 amide bonds. The first-order chi connectivity index (χ1) is 13.1. The van der Waals surface area contributed by atoms with Gasteiger partial charge in [-0.1, -0.05) is 12.1 Å². The molecule has 140 valence electrons. The standard InChI is InChI=1S/C19H20N4O4/c24-16-7-8-17(25)23(16)12-10-21(11-12)18(26)14-5-3-9-22(14)19-20-13-4-1-2-6-15(13)27-19/h1-2,4,6,12,14H,3,5,7-11H2. The molecule has 3 fully saturated rings. The monoisotopic (exact) mass is 368 g/mol. The molecule has 8 heteroatoms. The largest absolute Gasteiger partial charge is 0.423 e. The first-order valence-electron chi connectivity index (χ1n) is 9.38. The lowest BCUT2D eigenvalue weighted by molar-refractivity contribution is -0.152. The summed E-state index contributed by atoms with van der Waals surface area (Å²) < 4.78 is 5.84. The van der Waals surface area contributed by atoms with Gasteiger partial charge in [0.25, 0.3) is 6.01 Å². The molecule has 3 aliphatic rings. The van der Waals surface area contributed by atoms with Gasteiger partial charge in [0.15, 0.2) is 5.58 Å². The molecule has 0 bridgehead atoms. The van der Waals surface area contributed by atoms with Crippen LogP contribution in [0.3, 0.4) is 0 Å². The van der Waals surface area contributed by atoms with Gasteiger partial charge in [0.05, 0.1) is 6.04 Å². The number of amides is 3. The lowest BCUT2D eigenvalue weighted by atomic mass is 10.0. The molecule has 0 N–H and O–H groups in total. The molecule has 3 aliphatic heterocycles. The highest BCUT2D eigenvalue weighted by atomic mass is 16.4. The topological polar surface area (TPSA) is 87.0 Å². The van der Waals surface area contributed by atoms with Crippen LogP contribution in [0.4, 0.5) is 6.01 Å². The predicted molar refractivity (Wildman–Crippen MR) is 95.8 cm³/mol. The third kappa shape index (κ3) is 2.58. The molecule has 1 aromatic heterocycles. The van der Waals surface area contributed by atoms with Crippen molar-refractivity contribution in [1.29, 1.82) is 0 Å². The predicted octanol–water partition coefficient (Wildman–Crippen LogP) is 1.16. The van der Waals surface area contributed by atoms with Crippen molar-refractivity contribution in [2.45, 2.75) is 37.8 Å². The Morgan fingerprint density at radius 2 is 1.85 bits per heavy atom. The third-order valence-electron chi connectivity index (χ3n) is 5.70. The maximum atomic E-state index is 13.0. The van der Waals surface area contributed by atoms with Crippen LogP contribution in [-0.2, 0) is 14.4 Å². The summed E-state index contributed by atoms with van der Waals surface area (Å²) in [4.78, 5) is 46.2. The summed E-state index contributed by atoms with van der Waals surface area (Å²) in [5.74, 6) is -0.220. The molecule has 1 unspecified atom stereocenters. The van der Waals surface area contributed by atoms with Crippen LogP contribution in [0.5, 0.6) is 0 Å². The molecule has 1 aromatic carbocycles. The second-order valence-corrected chi connectivity index (χ2v) is 7.37. The van der Waals surface area contributed by atoms with Gasteiger partial charge >= 0.3 is 0 Å². The molecule has 0 radical (unpaired) electrons. The highest BCUT2D eigenvalue weighted by molar-refractivity contribution is 6.02. The Morgan fingerprint density at radius 3 is 2.59 bits per heavy atom. The molecule has 2 aromatic rings. The number of anilines is 1. The van der Waals surface area contributed by atoms with Crippen molar-refractivity contribution in [3.05, 3.63) is 24.3 Å². The van der Waals surface area contributed by atoms with Crippen molar-refractivity contribution in [1.82, 2.24) is 14.8 Å². The number of imide groups is 1. The molecule has 4 heterocycles. The van der Waals surface area contributed by atoms with Gasteiger partial charge in [-0.2, -0.15) is 4.98 Å². The van der Waals surface area contributed by atoms with E-state index in [1.165, 1.54) is 4.90 Å². The van der Waals surface area contributed by atoms with E-state index in [0.717, 1.165) is 24.9 Å². The van der Waals surface area contributed by atoms with Crippen LogP contribution < -0.4 is 4.90 Å². The van der Waals surface area contributed by atoms with Crippen molar-refractivity contribution < 1.29 is 18.8 Å². The summed E-state index contributed by atoms with van der Waals surface area (Å²) in [6, 6.07) is 7.56. The molecule has 3 saturated heterocycles. The van der Waals surface area contributed by atoms with E-state index in [2.05, 4.69) is 4.98 Å². The number of likely N-dealkylation sites (tertiary alicyclic amines) is 2. The van der Waals surface area contributed by atoms with Crippen LogP contribution in [0, 0.1) is 0 Å². The number of hydrogen-bond donors (Lipinski definition) is 0. The van der Waals surface area contributed by atoms with E-state index in [0.29, 0.717) is 24.7 Å². The molecule has 1 atom stereocenters. The van der Waals surface area contributed by atoms with Crippen LogP contribution in [0.1, 0.15) is 25.7 Å². The summed E-state index contributed by atoms with van der Waals surface area (Å²) in [5, 5.41) is 0. The average molecular weight is 368 g/mol. The smallest absolute Gasteiger partial charge is 0.299 e. The van der Waals surface area contributed by atoms with Crippen LogP contribution in [0.15, 0.2) is 28.7 Å². The number of para-hydroxylation sites is 2. The highest BCUT2D eigenvalue weighted by Gasteiger charge is 2.45. The maximum Gasteiger partial charge on any atom is 0.299 e. The van der Waals surface area contributed by atoms with Crippen molar-refractivity contribution in [2.24, 2.45) is 0 Å². The van der Waals surface area contributed by atoms with Gasteiger partial charge in [0.1, 0.15) is 11.6 Å². The fourth-order valence-corrected chi connectivity index (χ4v) is 4.25. The third-order valence-corrected chi connectivity index (χ3v) is 5.70. The minimum atomic E-state index is -0.302. The van der Waals surface area contributed by atoms with Crippen LogP contribution in [0.25, 0.3) is 11.1 Å². The quantitative estimate of drug-likeness (QED) is 0.756. The molecule has 27 heavy (non-hydrogen) atoms. The Labute approximate surface area is 155 Å². The summed E-state index contributed by atoms with van der Waals surface area (Å²) in [7, 11) is 0. The van der Waals surface area contributed by atoms with E-state index in [9.17, 15) is 14.4 Å². The van der Waals surface area contributed by atoms with Gasteiger partial charge in [-0.15, -0.1) is 0 Å². The summed E-state index contributed by atoms with van der Waals surface area (Å²) in [6.07, 6.45) is 2.23. The Bertz CT molecular complexity index is 884. The number of fused-ring (bicyclic) bond motifs is 1. The minimum Gasteiger partial charge on any atom is -0.423 e. The number of hydrogen-bond acceptors (Lipinski definition) is 6. The van der Waals surface area contributed by atoms with Gasteiger partial charge in [0, 0.05) is 32.5 Å². The van der Waals surface area contributed by atoms with E-state index in [1.54, 1.807) is 4.90 Å². The van der Waals surface area contributed by atoms with E-state index in [4.69, 9.17) is 4.42 Å². The lowest BCUT2D eigenvalue weighted by Crippen LogP contribution is -2.64. The minimum absolute atomic E-state index is 0.0186. The first kappa shape index (κ1) is 16.3. The van der Waals surface area contributed by atoms with Crippen LogP contribution in [-0.4, -0.2) is 64.2 Å². The van der Waals surface area contributed by atoms with Crippen molar-refractivity contribution in [3.8, 4) is 0 Å². The average Bonchev–Trinajstić information content (AvgIpc) is 3.33. The van der Waals surface area contributed by atoms with Crippen LogP contribution >= 0.6 is 0 Å². The molecule has 0 saturated carbocycles. The van der Waals surface area contributed by atoms with E-state index >= 15 is 0 Å². The van der Waals surface area contributed by atoms with Gasteiger partial charge in [-0.25, -0.2) is 0 Å².